The van der Waals surface area contributed by atoms with Crippen molar-refractivity contribution in [2.24, 2.45) is 11.8 Å². The minimum absolute atomic E-state index is 0.217. The van der Waals surface area contributed by atoms with E-state index in [1.54, 1.807) is 0 Å². The van der Waals surface area contributed by atoms with E-state index in [9.17, 15) is 0 Å². The zero-order chi connectivity index (χ0) is 13.7. The van der Waals surface area contributed by atoms with Crippen LogP contribution in [0.3, 0.4) is 0 Å². The Morgan fingerprint density at radius 1 is 1.21 bits per heavy atom. The van der Waals surface area contributed by atoms with Gasteiger partial charge in [0, 0.05) is 17.6 Å². The van der Waals surface area contributed by atoms with Gasteiger partial charge in [0.1, 0.15) is 0 Å². The molecule has 2 aromatic rings. The highest BCUT2D eigenvalue weighted by Crippen LogP contribution is 2.26. The van der Waals surface area contributed by atoms with Gasteiger partial charge in [-0.15, -0.1) is 0 Å². The number of nitrogens with one attached hydrogen (secondary N) is 1. The first-order valence-corrected chi connectivity index (χ1v) is 7.09. The van der Waals surface area contributed by atoms with E-state index in [4.69, 9.17) is 5.84 Å². The Kier molecular flexibility index (Phi) is 4.88. The van der Waals surface area contributed by atoms with Crippen molar-refractivity contribution in [3.05, 3.63) is 42.1 Å². The van der Waals surface area contributed by atoms with E-state index >= 15 is 0 Å². The molecular weight excluding hydrogens is 234 g/mol. The predicted octanol–water partition coefficient (Wildman–Crippen LogP) is 3.57. The van der Waals surface area contributed by atoms with Crippen LogP contribution in [-0.2, 0) is 0 Å². The number of benzene rings is 1. The molecule has 0 saturated heterocycles. The number of hydrazine groups is 1. The Labute approximate surface area is 115 Å². The number of hydrogen-bond donors (Lipinski definition) is 2. The molecule has 3 nitrogen and oxygen atoms in total. The van der Waals surface area contributed by atoms with Gasteiger partial charge in [-0.25, -0.2) is 0 Å². The van der Waals surface area contributed by atoms with Crippen LogP contribution in [0.4, 0.5) is 0 Å². The van der Waals surface area contributed by atoms with Crippen LogP contribution in [0.5, 0.6) is 0 Å². The zero-order valence-corrected chi connectivity index (χ0v) is 11.8. The SMILES string of the molecule is CCC(CC)CC(NN)c1ccc2ncccc2c1. The first-order valence-electron chi connectivity index (χ1n) is 7.09. The smallest absolute Gasteiger partial charge is 0.0702 e. The van der Waals surface area contributed by atoms with Gasteiger partial charge in [-0.1, -0.05) is 38.8 Å². The molecule has 3 heteroatoms. The maximum absolute atomic E-state index is 5.74. The lowest BCUT2D eigenvalue weighted by Gasteiger charge is -2.22. The van der Waals surface area contributed by atoms with Crippen molar-refractivity contribution in [1.29, 1.82) is 0 Å². The van der Waals surface area contributed by atoms with Crippen LogP contribution in [0, 0.1) is 5.92 Å². The summed E-state index contributed by atoms with van der Waals surface area (Å²) >= 11 is 0. The normalized spacial score (nSPS) is 13.1. The van der Waals surface area contributed by atoms with Gasteiger partial charge in [0.25, 0.3) is 0 Å². The molecule has 1 aromatic carbocycles. The number of nitrogens with two attached hydrogens (primary N) is 1. The zero-order valence-electron chi connectivity index (χ0n) is 11.8. The minimum atomic E-state index is 0.217. The summed E-state index contributed by atoms with van der Waals surface area (Å²) in [6.45, 7) is 4.48. The third kappa shape index (κ3) is 3.31. The average Bonchev–Trinajstić information content (AvgIpc) is 2.48. The molecule has 0 aliphatic rings. The molecular formula is C16H23N3. The molecule has 0 amide bonds. The van der Waals surface area contributed by atoms with E-state index in [1.807, 2.05) is 12.3 Å². The largest absolute Gasteiger partial charge is 0.271 e. The van der Waals surface area contributed by atoms with Gasteiger partial charge < -0.3 is 0 Å². The first kappa shape index (κ1) is 14.0. The summed E-state index contributed by atoms with van der Waals surface area (Å²) in [5, 5.41) is 1.17. The molecule has 3 N–H and O–H groups in total. The third-order valence-corrected chi connectivity index (χ3v) is 3.95. The van der Waals surface area contributed by atoms with Crippen LogP contribution in [-0.4, -0.2) is 4.98 Å². The fraction of sp³-hybridized carbons (Fsp3) is 0.438. The van der Waals surface area contributed by atoms with Crippen LogP contribution in [0.25, 0.3) is 10.9 Å². The number of fused-ring (bicyclic) bond motifs is 1. The number of nitrogens with zero attached hydrogens (tertiary/aromatic N) is 1. The lowest BCUT2D eigenvalue weighted by Crippen LogP contribution is -2.29. The van der Waals surface area contributed by atoms with Crippen LogP contribution < -0.4 is 11.3 Å². The quantitative estimate of drug-likeness (QED) is 0.614. The number of pyridine rings is 1. The van der Waals surface area contributed by atoms with Gasteiger partial charge in [-0.2, -0.15) is 0 Å². The van der Waals surface area contributed by atoms with Crippen molar-refractivity contribution in [1.82, 2.24) is 10.4 Å². The molecule has 102 valence electrons. The molecule has 0 bridgehead atoms. The summed E-state index contributed by atoms with van der Waals surface area (Å²) in [4.78, 5) is 4.35. The van der Waals surface area contributed by atoms with Gasteiger partial charge in [0.15, 0.2) is 0 Å². The second kappa shape index (κ2) is 6.64. The maximum atomic E-state index is 5.74. The Balaban J connectivity index is 2.24. The van der Waals surface area contributed by atoms with Crippen molar-refractivity contribution in [2.45, 2.75) is 39.2 Å². The van der Waals surface area contributed by atoms with E-state index in [0.717, 1.165) is 11.9 Å². The molecule has 0 fully saturated rings. The summed E-state index contributed by atoms with van der Waals surface area (Å²) in [6.07, 6.45) is 5.30. The predicted molar refractivity (Wildman–Crippen MR) is 80.5 cm³/mol. The molecule has 2 rings (SSSR count). The third-order valence-electron chi connectivity index (χ3n) is 3.95. The molecule has 0 aliphatic heterocycles. The molecule has 0 aliphatic carbocycles. The van der Waals surface area contributed by atoms with E-state index in [2.05, 4.69) is 48.5 Å². The summed E-state index contributed by atoms with van der Waals surface area (Å²) < 4.78 is 0. The molecule has 1 aromatic heterocycles. The Bertz CT molecular complexity index is 520. The molecule has 1 unspecified atom stereocenters. The van der Waals surface area contributed by atoms with E-state index in [-0.39, 0.29) is 6.04 Å². The van der Waals surface area contributed by atoms with Gasteiger partial charge in [0.05, 0.1) is 5.52 Å². The minimum Gasteiger partial charge on any atom is -0.271 e. The fourth-order valence-electron chi connectivity index (χ4n) is 2.57. The van der Waals surface area contributed by atoms with E-state index in [1.165, 1.54) is 23.8 Å². The van der Waals surface area contributed by atoms with Gasteiger partial charge >= 0.3 is 0 Å². The Morgan fingerprint density at radius 2 is 2.00 bits per heavy atom. The second-order valence-corrected chi connectivity index (χ2v) is 5.09. The molecule has 19 heavy (non-hydrogen) atoms. The van der Waals surface area contributed by atoms with E-state index in [0.29, 0.717) is 5.92 Å². The van der Waals surface area contributed by atoms with Crippen LogP contribution in [0.15, 0.2) is 36.5 Å². The summed E-state index contributed by atoms with van der Waals surface area (Å²) in [5.74, 6) is 6.45. The second-order valence-electron chi connectivity index (χ2n) is 5.09. The number of aromatic nitrogens is 1. The highest BCUT2D eigenvalue weighted by Gasteiger charge is 2.15. The summed E-state index contributed by atoms with van der Waals surface area (Å²) in [7, 11) is 0. The Morgan fingerprint density at radius 3 is 2.68 bits per heavy atom. The van der Waals surface area contributed by atoms with Crippen LogP contribution >= 0.6 is 0 Å². The molecule has 0 saturated carbocycles. The number of rotatable bonds is 6. The lowest BCUT2D eigenvalue weighted by molar-refractivity contribution is 0.375. The van der Waals surface area contributed by atoms with E-state index < -0.39 is 0 Å². The Hall–Kier alpha value is -1.45. The molecule has 0 spiro atoms. The molecule has 1 heterocycles. The standard InChI is InChI=1S/C16H23N3/c1-3-12(4-2)10-16(19-17)14-7-8-15-13(11-14)6-5-9-18-15/h5-9,11-12,16,19H,3-4,10,17H2,1-2H3. The molecule has 0 radical (unpaired) electrons. The lowest BCUT2D eigenvalue weighted by atomic mass is 9.91. The van der Waals surface area contributed by atoms with Crippen molar-refractivity contribution in [3.8, 4) is 0 Å². The molecule has 1 atom stereocenters. The highest BCUT2D eigenvalue weighted by molar-refractivity contribution is 5.79. The monoisotopic (exact) mass is 257 g/mol. The maximum Gasteiger partial charge on any atom is 0.0702 e. The van der Waals surface area contributed by atoms with Crippen molar-refractivity contribution in [2.75, 3.05) is 0 Å². The van der Waals surface area contributed by atoms with Crippen molar-refractivity contribution >= 4 is 10.9 Å². The summed E-state index contributed by atoms with van der Waals surface area (Å²) in [6, 6.07) is 10.7. The summed E-state index contributed by atoms with van der Waals surface area (Å²) in [5.41, 5.74) is 5.24. The van der Waals surface area contributed by atoms with Gasteiger partial charge in [-0.05, 0) is 36.1 Å². The topological polar surface area (TPSA) is 50.9 Å². The van der Waals surface area contributed by atoms with Crippen LogP contribution in [0.1, 0.15) is 44.7 Å². The van der Waals surface area contributed by atoms with Gasteiger partial charge in [0.2, 0.25) is 0 Å². The fourth-order valence-corrected chi connectivity index (χ4v) is 2.57. The first-order chi connectivity index (χ1) is 9.28. The van der Waals surface area contributed by atoms with Crippen molar-refractivity contribution in [3.63, 3.8) is 0 Å². The number of hydrogen-bond acceptors (Lipinski definition) is 3. The highest BCUT2D eigenvalue weighted by atomic mass is 15.2. The van der Waals surface area contributed by atoms with Crippen molar-refractivity contribution < 1.29 is 0 Å². The van der Waals surface area contributed by atoms with Gasteiger partial charge in [-0.3, -0.25) is 16.3 Å². The van der Waals surface area contributed by atoms with Crippen LogP contribution in [0.2, 0.25) is 0 Å². The average molecular weight is 257 g/mol.